The molecule has 1 aromatic rings. The van der Waals surface area contributed by atoms with Gasteiger partial charge >= 0.3 is 0 Å². The molecule has 0 aliphatic carbocycles. The van der Waals surface area contributed by atoms with E-state index in [-0.39, 0.29) is 18.5 Å². The molecule has 3 nitrogen and oxygen atoms in total. The second-order valence-electron chi connectivity index (χ2n) is 5.42. The first-order valence-electron chi connectivity index (χ1n) is 7.51. The number of aliphatic hydroxyl groups excluding tert-OH is 1. The molecule has 1 aliphatic heterocycles. The fourth-order valence-electron chi connectivity index (χ4n) is 2.70. The lowest BCUT2D eigenvalue weighted by Gasteiger charge is -2.22. The molecule has 0 radical (unpaired) electrons. The molecule has 0 aromatic heterocycles. The summed E-state index contributed by atoms with van der Waals surface area (Å²) < 4.78 is 18.9. The fourth-order valence-corrected chi connectivity index (χ4v) is 2.70. The maximum atomic E-state index is 13.3. The van der Waals surface area contributed by atoms with Crippen molar-refractivity contribution >= 4 is 0 Å². The first kappa shape index (κ1) is 15.3. The van der Waals surface area contributed by atoms with E-state index < -0.39 is 0 Å². The molecule has 4 heteroatoms. The van der Waals surface area contributed by atoms with E-state index in [1.807, 2.05) is 6.07 Å². The van der Waals surface area contributed by atoms with E-state index in [1.165, 1.54) is 12.1 Å². The second-order valence-corrected chi connectivity index (χ2v) is 5.42. The molecule has 0 bridgehead atoms. The Labute approximate surface area is 120 Å². The molecule has 2 rings (SSSR count). The molecule has 1 heterocycles. The summed E-state index contributed by atoms with van der Waals surface area (Å²) in [6, 6.07) is 5.00. The Morgan fingerprint density at radius 3 is 3.10 bits per heavy atom. The van der Waals surface area contributed by atoms with Crippen LogP contribution in [0.2, 0.25) is 0 Å². The Kier molecular flexibility index (Phi) is 5.80. The SMILES string of the molecule is CC[C@@H](CCO)CN[C@H]1CCCOc2cc(F)ccc21. The van der Waals surface area contributed by atoms with E-state index >= 15 is 0 Å². The summed E-state index contributed by atoms with van der Waals surface area (Å²) in [5.74, 6) is 0.888. The Morgan fingerprint density at radius 2 is 2.35 bits per heavy atom. The van der Waals surface area contributed by atoms with Crippen LogP contribution in [-0.4, -0.2) is 24.9 Å². The number of halogens is 1. The summed E-state index contributed by atoms with van der Waals surface area (Å²) >= 11 is 0. The topological polar surface area (TPSA) is 41.5 Å². The summed E-state index contributed by atoms with van der Waals surface area (Å²) in [6.45, 7) is 3.89. The number of fused-ring (bicyclic) bond motifs is 1. The van der Waals surface area contributed by atoms with E-state index in [9.17, 15) is 4.39 Å². The number of rotatable bonds is 6. The number of nitrogens with one attached hydrogen (secondary N) is 1. The van der Waals surface area contributed by atoms with Gasteiger partial charge < -0.3 is 15.2 Å². The molecule has 112 valence electrons. The molecule has 1 aliphatic rings. The van der Waals surface area contributed by atoms with Crippen LogP contribution in [0.1, 0.15) is 44.2 Å². The Morgan fingerprint density at radius 1 is 1.50 bits per heavy atom. The van der Waals surface area contributed by atoms with Crippen LogP contribution in [0.15, 0.2) is 18.2 Å². The summed E-state index contributed by atoms with van der Waals surface area (Å²) in [5, 5.41) is 12.6. The van der Waals surface area contributed by atoms with Crippen molar-refractivity contribution < 1.29 is 14.2 Å². The van der Waals surface area contributed by atoms with Gasteiger partial charge in [0.25, 0.3) is 0 Å². The molecule has 0 saturated carbocycles. The maximum absolute atomic E-state index is 13.3. The third-order valence-corrected chi connectivity index (χ3v) is 4.01. The summed E-state index contributed by atoms with van der Waals surface area (Å²) in [7, 11) is 0. The van der Waals surface area contributed by atoms with E-state index in [0.29, 0.717) is 18.3 Å². The molecule has 2 atom stereocenters. The van der Waals surface area contributed by atoms with Crippen LogP contribution in [0.5, 0.6) is 5.75 Å². The average molecular weight is 281 g/mol. The molecule has 0 fully saturated rings. The number of hydrogen-bond acceptors (Lipinski definition) is 3. The van der Waals surface area contributed by atoms with Gasteiger partial charge in [0.05, 0.1) is 6.61 Å². The lowest BCUT2D eigenvalue weighted by molar-refractivity contribution is 0.247. The zero-order valence-electron chi connectivity index (χ0n) is 12.1. The summed E-state index contributed by atoms with van der Waals surface area (Å²) in [6.07, 6.45) is 3.83. The number of aliphatic hydroxyl groups is 1. The van der Waals surface area contributed by atoms with Crippen LogP contribution in [0.25, 0.3) is 0 Å². The third kappa shape index (κ3) is 3.93. The number of hydrogen-bond donors (Lipinski definition) is 2. The fraction of sp³-hybridized carbons (Fsp3) is 0.625. The van der Waals surface area contributed by atoms with E-state index in [4.69, 9.17) is 9.84 Å². The molecule has 0 unspecified atom stereocenters. The molecule has 0 saturated heterocycles. The highest BCUT2D eigenvalue weighted by Gasteiger charge is 2.20. The van der Waals surface area contributed by atoms with Crippen molar-refractivity contribution in [3.05, 3.63) is 29.6 Å². The van der Waals surface area contributed by atoms with Crippen molar-refractivity contribution in [2.75, 3.05) is 19.8 Å². The van der Waals surface area contributed by atoms with Crippen LogP contribution in [0.4, 0.5) is 4.39 Å². The monoisotopic (exact) mass is 281 g/mol. The van der Waals surface area contributed by atoms with Crippen molar-refractivity contribution in [3.63, 3.8) is 0 Å². The van der Waals surface area contributed by atoms with Gasteiger partial charge in [0.2, 0.25) is 0 Å². The maximum Gasteiger partial charge on any atom is 0.126 e. The van der Waals surface area contributed by atoms with Gasteiger partial charge in [-0.25, -0.2) is 4.39 Å². The van der Waals surface area contributed by atoms with Gasteiger partial charge in [-0.3, -0.25) is 0 Å². The minimum atomic E-state index is -0.254. The molecule has 20 heavy (non-hydrogen) atoms. The average Bonchev–Trinajstić information content (AvgIpc) is 2.65. The minimum Gasteiger partial charge on any atom is -0.493 e. The Balaban J connectivity index is 2.04. The zero-order chi connectivity index (χ0) is 14.4. The van der Waals surface area contributed by atoms with Gasteiger partial charge in [-0.1, -0.05) is 19.4 Å². The third-order valence-electron chi connectivity index (χ3n) is 4.01. The Hall–Kier alpha value is -1.13. The molecular weight excluding hydrogens is 257 g/mol. The van der Waals surface area contributed by atoms with E-state index in [1.54, 1.807) is 0 Å². The largest absolute Gasteiger partial charge is 0.493 e. The second kappa shape index (κ2) is 7.60. The Bertz CT molecular complexity index is 425. The summed E-state index contributed by atoms with van der Waals surface area (Å²) in [5.41, 5.74) is 1.04. The van der Waals surface area contributed by atoms with Crippen molar-refractivity contribution in [2.24, 2.45) is 5.92 Å². The quantitative estimate of drug-likeness (QED) is 0.842. The van der Waals surface area contributed by atoms with Crippen molar-refractivity contribution in [1.82, 2.24) is 5.32 Å². The van der Waals surface area contributed by atoms with Crippen LogP contribution < -0.4 is 10.1 Å². The van der Waals surface area contributed by atoms with Gasteiger partial charge in [0.1, 0.15) is 11.6 Å². The highest BCUT2D eigenvalue weighted by molar-refractivity contribution is 5.37. The van der Waals surface area contributed by atoms with Gasteiger partial charge in [0.15, 0.2) is 0 Å². The van der Waals surface area contributed by atoms with Crippen molar-refractivity contribution in [3.8, 4) is 5.75 Å². The standard InChI is InChI=1S/C16H24FNO2/c1-2-12(7-8-19)11-18-15-4-3-9-20-16-10-13(17)5-6-14(15)16/h5-6,10,12,15,18-19H,2-4,7-9,11H2,1H3/t12-,15-/m0/s1. The van der Waals surface area contributed by atoms with E-state index in [2.05, 4.69) is 12.2 Å². The molecule has 0 spiro atoms. The normalized spacial score (nSPS) is 19.9. The van der Waals surface area contributed by atoms with Gasteiger partial charge in [-0.2, -0.15) is 0 Å². The zero-order valence-corrected chi connectivity index (χ0v) is 12.1. The van der Waals surface area contributed by atoms with Crippen LogP contribution >= 0.6 is 0 Å². The lowest BCUT2D eigenvalue weighted by Crippen LogP contribution is -2.27. The molecule has 0 amide bonds. The highest BCUT2D eigenvalue weighted by Crippen LogP contribution is 2.32. The molecule has 1 aromatic carbocycles. The van der Waals surface area contributed by atoms with Gasteiger partial charge in [-0.15, -0.1) is 0 Å². The minimum absolute atomic E-state index is 0.209. The van der Waals surface area contributed by atoms with Gasteiger partial charge in [0, 0.05) is 24.3 Å². The molecule has 2 N–H and O–H groups in total. The van der Waals surface area contributed by atoms with Gasteiger partial charge in [-0.05, 0) is 37.8 Å². The van der Waals surface area contributed by atoms with Crippen molar-refractivity contribution in [2.45, 2.75) is 38.6 Å². The van der Waals surface area contributed by atoms with E-state index in [0.717, 1.165) is 37.8 Å². The first-order valence-corrected chi connectivity index (χ1v) is 7.51. The predicted molar refractivity (Wildman–Crippen MR) is 77.4 cm³/mol. The lowest BCUT2D eigenvalue weighted by atomic mass is 9.99. The number of benzene rings is 1. The van der Waals surface area contributed by atoms with Crippen LogP contribution in [0.3, 0.4) is 0 Å². The smallest absolute Gasteiger partial charge is 0.126 e. The predicted octanol–water partition coefficient (Wildman–Crippen LogP) is 3.04. The van der Waals surface area contributed by atoms with Crippen LogP contribution in [0, 0.1) is 11.7 Å². The first-order chi connectivity index (χ1) is 9.74. The van der Waals surface area contributed by atoms with Crippen LogP contribution in [-0.2, 0) is 0 Å². The van der Waals surface area contributed by atoms with Crippen molar-refractivity contribution in [1.29, 1.82) is 0 Å². The highest BCUT2D eigenvalue weighted by atomic mass is 19.1. The molecular formula is C16H24FNO2. The summed E-state index contributed by atoms with van der Waals surface area (Å²) in [4.78, 5) is 0. The number of ether oxygens (including phenoxy) is 1.